The summed E-state index contributed by atoms with van der Waals surface area (Å²) in [5, 5.41) is 1.19. The number of nitrogens with zero attached hydrogens (tertiary/aromatic N) is 1. The van der Waals surface area contributed by atoms with Gasteiger partial charge >= 0.3 is 0 Å². The summed E-state index contributed by atoms with van der Waals surface area (Å²) in [5.41, 5.74) is 4.75. The predicted octanol–water partition coefficient (Wildman–Crippen LogP) is 6.85. The highest BCUT2D eigenvalue weighted by atomic mass is 28.3. The number of hydrogen-bond acceptors (Lipinski definition) is 2. The Morgan fingerprint density at radius 1 is 0.839 bits per heavy atom. The maximum absolute atomic E-state index is 12.7. The van der Waals surface area contributed by atoms with Crippen LogP contribution in [-0.4, -0.2) is 25.0 Å². The van der Waals surface area contributed by atoms with Crippen molar-refractivity contribution in [2.24, 2.45) is 0 Å². The Kier molecular flexibility index (Phi) is 6.21. The quantitative estimate of drug-likeness (QED) is 0.175. The maximum atomic E-state index is 12.7. The third-order valence-corrected chi connectivity index (χ3v) is 7.21. The molecule has 0 aliphatic heterocycles. The van der Waals surface area contributed by atoms with Crippen molar-refractivity contribution in [1.82, 2.24) is 4.57 Å². The van der Waals surface area contributed by atoms with Gasteiger partial charge in [0.2, 0.25) is 0 Å². The second-order valence-electron chi connectivity index (χ2n) is 9.14. The van der Waals surface area contributed by atoms with Crippen LogP contribution in [0.15, 0.2) is 84.9 Å². The Morgan fingerprint density at radius 2 is 1.48 bits per heavy atom. The zero-order chi connectivity index (χ0) is 21.8. The van der Waals surface area contributed by atoms with E-state index in [1.165, 1.54) is 5.39 Å². The summed E-state index contributed by atoms with van der Waals surface area (Å²) in [5.74, 6) is 0.0439. The van der Waals surface area contributed by atoms with Crippen LogP contribution in [0.2, 0.25) is 25.7 Å². The van der Waals surface area contributed by atoms with Gasteiger partial charge in [-0.1, -0.05) is 92.4 Å². The standard InChI is InChI=1S/C27H29NO2Si/c1-31(2,3)18-17-30-20-28-25-12-8-7-11-24(25)19-26(28)21-13-15-23(16-14-21)27(29)22-9-5-4-6-10-22/h4-16,19H,17-18,20H2,1-3H3. The summed E-state index contributed by atoms with van der Waals surface area (Å²) >= 11 is 0. The van der Waals surface area contributed by atoms with Crippen LogP contribution in [0.4, 0.5) is 0 Å². The van der Waals surface area contributed by atoms with E-state index >= 15 is 0 Å². The molecule has 0 spiro atoms. The third-order valence-electron chi connectivity index (χ3n) is 5.51. The zero-order valence-electron chi connectivity index (χ0n) is 18.5. The second kappa shape index (κ2) is 9.04. The number of carbonyl (C=O) groups excluding carboxylic acids is 1. The van der Waals surface area contributed by atoms with Crippen molar-refractivity contribution in [1.29, 1.82) is 0 Å². The molecule has 3 nitrogen and oxygen atoms in total. The van der Waals surface area contributed by atoms with Crippen LogP contribution in [0, 0.1) is 0 Å². The first-order chi connectivity index (χ1) is 14.9. The highest BCUT2D eigenvalue weighted by Crippen LogP contribution is 2.29. The molecule has 0 fully saturated rings. The fourth-order valence-corrected chi connectivity index (χ4v) is 4.43. The average molecular weight is 428 g/mol. The number of hydrogen-bond donors (Lipinski definition) is 0. The number of rotatable bonds is 8. The Morgan fingerprint density at radius 3 is 2.19 bits per heavy atom. The second-order valence-corrected chi connectivity index (χ2v) is 14.8. The summed E-state index contributed by atoms with van der Waals surface area (Å²) in [6.45, 7) is 8.41. The molecule has 0 radical (unpaired) electrons. The largest absolute Gasteiger partial charge is 0.361 e. The van der Waals surface area contributed by atoms with E-state index in [4.69, 9.17) is 4.74 Å². The van der Waals surface area contributed by atoms with Crippen LogP contribution < -0.4 is 0 Å². The van der Waals surface area contributed by atoms with E-state index in [-0.39, 0.29) is 5.78 Å². The summed E-state index contributed by atoms with van der Waals surface area (Å²) < 4.78 is 8.32. The third kappa shape index (κ3) is 5.04. The smallest absolute Gasteiger partial charge is 0.193 e. The molecule has 4 rings (SSSR count). The lowest BCUT2D eigenvalue weighted by Crippen LogP contribution is -2.22. The van der Waals surface area contributed by atoms with E-state index < -0.39 is 8.07 Å². The normalized spacial score (nSPS) is 11.7. The molecular formula is C27H29NO2Si. The van der Waals surface area contributed by atoms with Gasteiger partial charge in [-0.3, -0.25) is 4.79 Å². The van der Waals surface area contributed by atoms with Gasteiger partial charge in [-0.05, 0) is 23.7 Å². The number of para-hydroxylation sites is 1. The zero-order valence-corrected chi connectivity index (χ0v) is 19.5. The Balaban J connectivity index is 1.60. The van der Waals surface area contributed by atoms with E-state index in [0.717, 1.165) is 29.4 Å². The lowest BCUT2D eigenvalue weighted by atomic mass is 10.0. The summed E-state index contributed by atoms with van der Waals surface area (Å²) in [6.07, 6.45) is 0. The molecule has 0 aliphatic rings. The van der Waals surface area contributed by atoms with Crippen LogP contribution in [0.3, 0.4) is 0 Å². The molecule has 1 heterocycles. The van der Waals surface area contributed by atoms with Crippen molar-refractivity contribution in [2.75, 3.05) is 6.61 Å². The molecule has 31 heavy (non-hydrogen) atoms. The lowest BCUT2D eigenvalue weighted by Gasteiger charge is -2.17. The van der Waals surface area contributed by atoms with Crippen molar-refractivity contribution in [2.45, 2.75) is 32.4 Å². The van der Waals surface area contributed by atoms with Crippen molar-refractivity contribution in [3.05, 3.63) is 96.1 Å². The fourth-order valence-electron chi connectivity index (χ4n) is 3.67. The SMILES string of the molecule is C[Si](C)(C)CCOCn1c(-c2ccc(C(=O)c3ccccc3)cc2)cc2ccccc21. The van der Waals surface area contributed by atoms with Gasteiger partial charge in [0.1, 0.15) is 6.73 Å². The Hall–Kier alpha value is -2.95. The minimum Gasteiger partial charge on any atom is -0.361 e. The molecule has 4 aromatic rings. The number of carbonyl (C=O) groups is 1. The topological polar surface area (TPSA) is 31.2 Å². The number of fused-ring (bicyclic) bond motifs is 1. The van der Waals surface area contributed by atoms with Crippen molar-refractivity contribution < 1.29 is 9.53 Å². The van der Waals surface area contributed by atoms with Crippen LogP contribution >= 0.6 is 0 Å². The van der Waals surface area contributed by atoms with E-state index in [0.29, 0.717) is 17.9 Å². The summed E-state index contributed by atoms with van der Waals surface area (Å²) in [7, 11) is -1.12. The van der Waals surface area contributed by atoms with Gasteiger partial charge in [-0.15, -0.1) is 0 Å². The molecule has 0 atom stereocenters. The minimum absolute atomic E-state index is 0.0439. The number of ether oxygens (including phenoxy) is 1. The van der Waals surface area contributed by atoms with Gasteiger partial charge in [0, 0.05) is 31.2 Å². The van der Waals surface area contributed by atoms with Gasteiger partial charge in [0.05, 0.1) is 11.2 Å². The number of benzene rings is 3. The first-order valence-corrected chi connectivity index (χ1v) is 14.5. The molecule has 4 heteroatoms. The van der Waals surface area contributed by atoms with E-state index in [1.54, 1.807) is 0 Å². The van der Waals surface area contributed by atoms with Gasteiger partial charge < -0.3 is 9.30 Å². The van der Waals surface area contributed by atoms with Gasteiger partial charge in [-0.25, -0.2) is 0 Å². The molecule has 0 N–H and O–H groups in total. The number of aromatic nitrogens is 1. The molecule has 0 saturated heterocycles. The van der Waals surface area contributed by atoms with Crippen LogP contribution in [0.25, 0.3) is 22.2 Å². The summed E-state index contributed by atoms with van der Waals surface area (Å²) in [4.78, 5) is 12.7. The lowest BCUT2D eigenvalue weighted by molar-refractivity contribution is 0.0912. The van der Waals surface area contributed by atoms with Gasteiger partial charge in [-0.2, -0.15) is 0 Å². The first-order valence-electron chi connectivity index (χ1n) is 10.8. The first kappa shape index (κ1) is 21.3. The fraction of sp³-hybridized carbons (Fsp3) is 0.222. The van der Waals surface area contributed by atoms with Crippen LogP contribution in [0.5, 0.6) is 0 Å². The van der Waals surface area contributed by atoms with E-state index in [9.17, 15) is 4.79 Å². The molecule has 0 bridgehead atoms. The molecule has 0 amide bonds. The van der Waals surface area contributed by atoms with Crippen molar-refractivity contribution in [3.8, 4) is 11.3 Å². The molecule has 0 unspecified atom stereocenters. The monoisotopic (exact) mass is 427 g/mol. The van der Waals surface area contributed by atoms with Crippen LogP contribution in [0.1, 0.15) is 15.9 Å². The van der Waals surface area contributed by atoms with Crippen LogP contribution in [-0.2, 0) is 11.5 Å². The summed E-state index contributed by atoms with van der Waals surface area (Å²) in [6, 6.07) is 29.0. The maximum Gasteiger partial charge on any atom is 0.193 e. The average Bonchev–Trinajstić information content (AvgIpc) is 3.15. The van der Waals surface area contributed by atoms with Crippen molar-refractivity contribution in [3.63, 3.8) is 0 Å². The minimum atomic E-state index is -1.12. The molecule has 1 aromatic heterocycles. The van der Waals surface area contributed by atoms with Crippen molar-refractivity contribution >= 4 is 24.8 Å². The Bertz CT molecular complexity index is 1170. The van der Waals surface area contributed by atoms with E-state index in [2.05, 4.69) is 54.5 Å². The molecule has 0 aliphatic carbocycles. The van der Waals surface area contributed by atoms with Gasteiger partial charge in [0.15, 0.2) is 5.78 Å². The highest BCUT2D eigenvalue weighted by molar-refractivity contribution is 6.76. The highest BCUT2D eigenvalue weighted by Gasteiger charge is 2.15. The number of ketones is 1. The molecular weight excluding hydrogens is 398 g/mol. The van der Waals surface area contributed by atoms with E-state index in [1.807, 2.05) is 54.6 Å². The van der Waals surface area contributed by atoms with Gasteiger partial charge in [0.25, 0.3) is 0 Å². The Labute approximate surface area is 185 Å². The molecule has 3 aromatic carbocycles. The molecule has 158 valence electrons. The predicted molar refractivity (Wildman–Crippen MR) is 131 cm³/mol. The molecule has 0 saturated carbocycles.